The van der Waals surface area contributed by atoms with Crippen LogP contribution in [0.1, 0.15) is 52.0 Å². The molecule has 0 radical (unpaired) electrons. The molecule has 1 saturated carbocycles. The molecule has 0 bridgehead atoms. The first-order chi connectivity index (χ1) is 15.6. The van der Waals surface area contributed by atoms with E-state index in [1.807, 2.05) is 13.8 Å². The number of nitrogens with one attached hydrogen (secondary N) is 1. The molecule has 0 atom stereocenters. The van der Waals surface area contributed by atoms with E-state index < -0.39 is 17.6 Å². The minimum atomic E-state index is -0.802. The molecule has 1 aliphatic carbocycles. The first-order valence-corrected chi connectivity index (χ1v) is 10.8. The number of aryl methyl sites for hydroxylation is 1. The van der Waals surface area contributed by atoms with Crippen LogP contribution in [0.5, 0.6) is 0 Å². The maximum absolute atomic E-state index is 13.7. The number of hydrogen-bond donors (Lipinski definition) is 2. The zero-order valence-corrected chi connectivity index (χ0v) is 18.9. The van der Waals surface area contributed by atoms with Gasteiger partial charge in [0.1, 0.15) is 11.5 Å². The monoisotopic (exact) mass is 447 g/mol. The van der Waals surface area contributed by atoms with Crippen molar-refractivity contribution in [3.8, 4) is 0 Å². The van der Waals surface area contributed by atoms with Gasteiger partial charge in [0.25, 0.3) is 11.8 Å². The highest BCUT2D eigenvalue weighted by molar-refractivity contribution is 6.14. The maximum atomic E-state index is 13.7. The van der Waals surface area contributed by atoms with Gasteiger partial charge in [-0.1, -0.05) is 18.2 Å². The molecular weight excluding hydrogens is 421 g/mol. The summed E-state index contributed by atoms with van der Waals surface area (Å²) >= 11 is 0. The molecule has 0 aliphatic heterocycles. The van der Waals surface area contributed by atoms with Gasteiger partial charge in [-0.25, -0.2) is 9.37 Å². The fraction of sp³-hybridized carbons (Fsp3) is 0.280. The molecule has 4 rings (SSSR count). The molecule has 2 heterocycles. The molecule has 3 aromatic rings. The molecule has 2 aromatic heterocycles. The van der Waals surface area contributed by atoms with Crippen molar-refractivity contribution >= 4 is 28.4 Å². The Hall–Kier alpha value is -3.81. The number of halogens is 1. The molecule has 0 saturated heterocycles. The van der Waals surface area contributed by atoms with Crippen molar-refractivity contribution in [2.45, 2.75) is 40.2 Å². The van der Waals surface area contributed by atoms with Crippen LogP contribution in [0.3, 0.4) is 0 Å². The summed E-state index contributed by atoms with van der Waals surface area (Å²) in [6.07, 6.45) is 4.58. The third kappa shape index (κ3) is 4.69. The number of primary amides is 1. The van der Waals surface area contributed by atoms with E-state index in [0.29, 0.717) is 29.2 Å². The van der Waals surface area contributed by atoms with E-state index in [2.05, 4.69) is 35.0 Å². The van der Waals surface area contributed by atoms with Crippen molar-refractivity contribution in [3.05, 3.63) is 76.5 Å². The van der Waals surface area contributed by atoms with Crippen molar-refractivity contribution in [2.24, 2.45) is 11.7 Å². The highest BCUT2D eigenvalue weighted by Crippen LogP contribution is 2.36. The van der Waals surface area contributed by atoms with Crippen molar-refractivity contribution in [2.75, 3.05) is 5.32 Å². The average molecular weight is 448 g/mol. The minimum Gasteiger partial charge on any atom is -0.364 e. The van der Waals surface area contributed by atoms with Crippen LogP contribution in [-0.4, -0.2) is 26.6 Å². The van der Waals surface area contributed by atoms with Crippen LogP contribution in [0.15, 0.2) is 48.1 Å². The van der Waals surface area contributed by atoms with Gasteiger partial charge < -0.3 is 11.1 Å². The van der Waals surface area contributed by atoms with Crippen LogP contribution in [0.2, 0.25) is 0 Å². The van der Waals surface area contributed by atoms with Crippen LogP contribution >= 0.6 is 0 Å². The maximum Gasteiger partial charge on any atom is 0.267 e. The molecule has 0 spiro atoms. The van der Waals surface area contributed by atoms with E-state index in [9.17, 15) is 14.0 Å². The number of benzene rings is 1. The van der Waals surface area contributed by atoms with Gasteiger partial charge in [-0.15, -0.1) is 0 Å². The van der Waals surface area contributed by atoms with E-state index in [1.54, 1.807) is 4.68 Å². The first kappa shape index (κ1) is 22.4. The Morgan fingerprint density at radius 1 is 1.30 bits per heavy atom. The Kier molecular flexibility index (Phi) is 5.84. The van der Waals surface area contributed by atoms with Crippen molar-refractivity contribution in [1.82, 2.24) is 14.8 Å². The molecule has 1 aliphatic rings. The van der Waals surface area contributed by atoms with E-state index in [1.165, 1.54) is 36.6 Å². The number of aromatic nitrogens is 3. The predicted octanol–water partition coefficient (Wildman–Crippen LogP) is 4.45. The lowest BCUT2D eigenvalue weighted by Gasteiger charge is -2.11. The summed E-state index contributed by atoms with van der Waals surface area (Å²) in [5.74, 6) is -1.12. The van der Waals surface area contributed by atoms with Gasteiger partial charge in [-0.2, -0.15) is 5.10 Å². The fourth-order valence-electron chi connectivity index (χ4n) is 3.94. The van der Waals surface area contributed by atoms with E-state index in [4.69, 9.17) is 5.73 Å². The van der Waals surface area contributed by atoms with Gasteiger partial charge >= 0.3 is 0 Å². The van der Waals surface area contributed by atoms with Gasteiger partial charge in [-0.05, 0) is 63.3 Å². The molecule has 1 aromatic carbocycles. The second-order valence-electron chi connectivity index (χ2n) is 8.56. The molecular formula is C25H26FN5O2. The minimum absolute atomic E-state index is 0.114. The average Bonchev–Trinajstić information content (AvgIpc) is 3.57. The number of nitrogens with zero attached hydrogens (tertiary/aromatic N) is 3. The number of allylic oxidation sites excluding steroid dienone is 3. The Morgan fingerprint density at radius 2 is 2.03 bits per heavy atom. The second-order valence-corrected chi connectivity index (χ2v) is 8.56. The number of carbonyl (C=O) groups is 2. The summed E-state index contributed by atoms with van der Waals surface area (Å²) < 4.78 is 15.5. The Balaban J connectivity index is 1.63. The van der Waals surface area contributed by atoms with Crippen LogP contribution < -0.4 is 11.1 Å². The summed E-state index contributed by atoms with van der Waals surface area (Å²) in [6, 6.07) is 5.18. The summed E-state index contributed by atoms with van der Waals surface area (Å²) in [5.41, 5.74) is 9.88. The van der Waals surface area contributed by atoms with Crippen LogP contribution in [0, 0.1) is 25.6 Å². The Bertz CT molecular complexity index is 1330. The summed E-state index contributed by atoms with van der Waals surface area (Å²) in [6.45, 7) is 10.5. The molecule has 33 heavy (non-hydrogen) atoms. The van der Waals surface area contributed by atoms with Gasteiger partial charge in [0.15, 0.2) is 0 Å². The largest absolute Gasteiger partial charge is 0.364 e. The molecule has 2 amide bonds. The zero-order chi connectivity index (χ0) is 23.9. The highest BCUT2D eigenvalue weighted by Gasteiger charge is 2.23. The topological polar surface area (TPSA) is 103 Å². The van der Waals surface area contributed by atoms with Crippen LogP contribution in [-0.2, 0) is 6.54 Å². The second kappa shape index (κ2) is 8.61. The van der Waals surface area contributed by atoms with Gasteiger partial charge in [0, 0.05) is 11.5 Å². The highest BCUT2D eigenvalue weighted by atomic mass is 19.1. The number of pyridine rings is 1. The molecule has 8 heteroatoms. The van der Waals surface area contributed by atoms with Gasteiger partial charge in [0.05, 0.1) is 34.7 Å². The Labute approximate surface area is 191 Å². The third-order valence-corrected chi connectivity index (χ3v) is 5.89. The summed E-state index contributed by atoms with van der Waals surface area (Å²) in [4.78, 5) is 29.0. The number of nitrogens with two attached hydrogens (primary N) is 1. The zero-order valence-electron chi connectivity index (χ0n) is 18.9. The van der Waals surface area contributed by atoms with Crippen molar-refractivity contribution < 1.29 is 14.0 Å². The van der Waals surface area contributed by atoms with Gasteiger partial charge in [-0.3, -0.25) is 14.3 Å². The SMILES string of the molecule is C=C(/C=C(\C)C1CC1)Cn1nc(C)c(NC(=O)c2cc(C(N)=O)nc3cc(F)ccc23)c1C. The van der Waals surface area contributed by atoms with E-state index in [0.717, 1.165) is 17.3 Å². The molecule has 0 unspecified atom stereocenters. The predicted molar refractivity (Wildman–Crippen MR) is 125 cm³/mol. The first-order valence-electron chi connectivity index (χ1n) is 10.8. The quantitative estimate of drug-likeness (QED) is 0.522. The third-order valence-electron chi connectivity index (χ3n) is 5.89. The molecule has 170 valence electrons. The molecule has 1 fully saturated rings. The molecule has 7 nitrogen and oxygen atoms in total. The lowest BCUT2D eigenvalue weighted by molar-refractivity contribution is 0.0996. The summed E-state index contributed by atoms with van der Waals surface area (Å²) in [7, 11) is 0. The number of hydrogen-bond acceptors (Lipinski definition) is 4. The van der Waals surface area contributed by atoms with E-state index >= 15 is 0 Å². The number of rotatable bonds is 7. The number of carbonyl (C=O) groups excluding carboxylic acids is 2. The standard InChI is InChI=1S/C25H26FN5O2/c1-13(9-14(2)17-5-6-17)12-31-16(4)23(15(3)30-31)29-25(33)20-11-22(24(27)32)28-21-10-18(26)7-8-19(20)21/h7-11,17H,1,5-6,12H2,2-4H3,(H2,27,32)(H,29,33)/b14-9+. The lowest BCUT2D eigenvalue weighted by atomic mass is 10.1. The summed E-state index contributed by atoms with van der Waals surface area (Å²) in [5, 5.41) is 7.86. The van der Waals surface area contributed by atoms with Crippen LogP contribution in [0.4, 0.5) is 10.1 Å². The van der Waals surface area contributed by atoms with Crippen LogP contribution in [0.25, 0.3) is 10.9 Å². The van der Waals surface area contributed by atoms with Gasteiger partial charge in [0.2, 0.25) is 0 Å². The Morgan fingerprint density at radius 3 is 2.70 bits per heavy atom. The fourth-order valence-corrected chi connectivity index (χ4v) is 3.94. The number of fused-ring (bicyclic) bond motifs is 1. The molecule has 3 N–H and O–H groups in total. The number of anilines is 1. The van der Waals surface area contributed by atoms with E-state index in [-0.39, 0.29) is 16.8 Å². The normalized spacial score (nSPS) is 13.9. The number of amides is 2. The van der Waals surface area contributed by atoms with Crippen molar-refractivity contribution in [3.63, 3.8) is 0 Å². The lowest BCUT2D eigenvalue weighted by Crippen LogP contribution is -2.18. The smallest absolute Gasteiger partial charge is 0.267 e. The van der Waals surface area contributed by atoms with Crippen molar-refractivity contribution in [1.29, 1.82) is 0 Å².